The third kappa shape index (κ3) is 6.04. The summed E-state index contributed by atoms with van der Waals surface area (Å²) in [6, 6.07) is 5.05. The van der Waals surface area contributed by atoms with E-state index in [0.29, 0.717) is 18.1 Å². The van der Waals surface area contributed by atoms with Crippen molar-refractivity contribution in [3.05, 3.63) is 23.8 Å². The molecule has 0 amide bonds. The summed E-state index contributed by atoms with van der Waals surface area (Å²) >= 11 is 0. The van der Waals surface area contributed by atoms with E-state index >= 15 is 0 Å². The maximum atomic E-state index is 10.6. The second kappa shape index (κ2) is 9.23. The number of benzene rings is 1. The Balaban J connectivity index is 2.63. The zero-order chi connectivity index (χ0) is 15.7. The topological polar surface area (TPSA) is 86.2 Å². The van der Waals surface area contributed by atoms with Gasteiger partial charge in [-0.3, -0.25) is 0 Å². The van der Waals surface area contributed by atoms with Crippen LogP contribution in [0.5, 0.6) is 11.5 Å². The number of ether oxygens (including phenoxy) is 2. The highest BCUT2D eigenvalue weighted by Gasteiger charge is 2.13. The van der Waals surface area contributed by atoms with E-state index in [9.17, 15) is 9.90 Å². The van der Waals surface area contributed by atoms with Crippen molar-refractivity contribution in [1.29, 1.82) is 0 Å². The summed E-state index contributed by atoms with van der Waals surface area (Å²) in [6.07, 6.45) is 4.47. The molecule has 1 aromatic rings. The van der Waals surface area contributed by atoms with Crippen molar-refractivity contribution in [3.63, 3.8) is 0 Å². The van der Waals surface area contributed by atoms with Gasteiger partial charge in [-0.05, 0) is 24.6 Å². The van der Waals surface area contributed by atoms with Crippen LogP contribution in [0, 0.1) is 0 Å². The quantitative estimate of drug-likeness (QED) is 0.654. The molecular weight excluding hydrogens is 270 g/mol. The standard InChI is InChI=1S/C16H25NO4/c1-3-4-5-6-9-21-14-8-7-12(10-15(14)20-2)13(17)11-16(18)19/h7-8,10,13H,3-6,9,11,17H2,1-2H3,(H,18,19)/t13-/m1/s1. The zero-order valence-electron chi connectivity index (χ0n) is 12.9. The molecule has 1 atom stereocenters. The zero-order valence-corrected chi connectivity index (χ0v) is 12.9. The lowest BCUT2D eigenvalue weighted by Crippen LogP contribution is -2.55. The number of carbonyl (C=O) groups is 1. The molecule has 0 saturated heterocycles. The number of unbranched alkanes of at least 4 members (excludes halogenated alkanes) is 3. The molecule has 1 rings (SSSR count). The van der Waals surface area contributed by atoms with Gasteiger partial charge in [-0.25, -0.2) is 0 Å². The number of quaternary nitrogens is 1. The van der Waals surface area contributed by atoms with Crippen molar-refractivity contribution in [3.8, 4) is 11.5 Å². The van der Waals surface area contributed by atoms with Crippen molar-refractivity contribution in [2.24, 2.45) is 0 Å². The summed E-state index contributed by atoms with van der Waals surface area (Å²) in [7, 11) is 1.57. The first-order chi connectivity index (χ1) is 10.1. The van der Waals surface area contributed by atoms with Crippen LogP contribution in [-0.2, 0) is 4.79 Å². The van der Waals surface area contributed by atoms with Crippen LogP contribution in [0.4, 0.5) is 0 Å². The van der Waals surface area contributed by atoms with Gasteiger partial charge in [-0.1, -0.05) is 26.2 Å². The fourth-order valence-corrected chi connectivity index (χ4v) is 2.09. The summed E-state index contributed by atoms with van der Waals surface area (Å²) < 4.78 is 11.0. The smallest absolute Gasteiger partial charge is 0.161 e. The molecule has 0 radical (unpaired) electrons. The van der Waals surface area contributed by atoms with Crippen molar-refractivity contribution >= 4 is 5.97 Å². The fraction of sp³-hybridized carbons (Fsp3) is 0.562. The van der Waals surface area contributed by atoms with Gasteiger partial charge < -0.3 is 25.1 Å². The Kier molecular flexibility index (Phi) is 7.61. The SMILES string of the molecule is CCCCCCOc1ccc([C@H]([NH3+])CC(=O)[O-])cc1OC. The average Bonchev–Trinajstić information content (AvgIpc) is 2.46. The van der Waals surface area contributed by atoms with E-state index in [1.165, 1.54) is 12.8 Å². The normalized spacial score (nSPS) is 12.0. The van der Waals surface area contributed by atoms with Gasteiger partial charge in [0.1, 0.15) is 6.04 Å². The Bertz CT molecular complexity index is 448. The van der Waals surface area contributed by atoms with Crippen LogP contribution in [-0.4, -0.2) is 19.7 Å². The van der Waals surface area contributed by atoms with Gasteiger partial charge in [-0.15, -0.1) is 0 Å². The Morgan fingerprint density at radius 2 is 2.05 bits per heavy atom. The minimum atomic E-state index is -1.11. The van der Waals surface area contributed by atoms with E-state index in [4.69, 9.17) is 9.47 Å². The summed E-state index contributed by atoms with van der Waals surface area (Å²) in [4.78, 5) is 10.6. The molecule has 1 aromatic carbocycles. The monoisotopic (exact) mass is 295 g/mol. The molecule has 0 aliphatic heterocycles. The molecule has 21 heavy (non-hydrogen) atoms. The molecule has 0 bridgehead atoms. The molecule has 0 saturated carbocycles. The van der Waals surface area contributed by atoms with Crippen molar-refractivity contribution in [1.82, 2.24) is 0 Å². The fourth-order valence-electron chi connectivity index (χ4n) is 2.09. The first-order valence-corrected chi connectivity index (χ1v) is 7.42. The Labute approximate surface area is 126 Å². The summed E-state index contributed by atoms with van der Waals surface area (Å²) in [5, 5.41) is 10.6. The molecule has 0 unspecified atom stereocenters. The number of carboxylic acid groups (broad SMARTS) is 1. The predicted octanol–water partition coefficient (Wildman–Crippen LogP) is 1.08. The Hall–Kier alpha value is -1.75. The molecule has 5 nitrogen and oxygen atoms in total. The molecule has 118 valence electrons. The van der Waals surface area contributed by atoms with E-state index in [-0.39, 0.29) is 12.5 Å². The first kappa shape index (κ1) is 17.3. The van der Waals surface area contributed by atoms with Gasteiger partial charge in [0, 0.05) is 18.0 Å². The number of aliphatic carboxylic acids is 1. The first-order valence-electron chi connectivity index (χ1n) is 7.42. The number of methoxy groups -OCH3 is 1. The number of carbonyl (C=O) groups excluding carboxylic acids is 1. The number of carboxylic acids is 1. The minimum Gasteiger partial charge on any atom is -0.550 e. The largest absolute Gasteiger partial charge is 0.550 e. The molecule has 0 fully saturated rings. The lowest BCUT2D eigenvalue weighted by Gasteiger charge is -2.14. The van der Waals surface area contributed by atoms with Crippen LogP contribution in [0.3, 0.4) is 0 Å². The summed E-state index contributed by atoms with van der Waals surface area (Å²) in [5.41, 5.74) is 4.63. The van der Waals surface area contributed by atoms with Crippen molar-refractivity contribution < 1.29 is 25.1 Å². The molecule has 0 aliphatic rings. The van der Waals surface area contributed by atoms with Crippen LogP contribution in [0.2, 0.25) is 0 Å². The number of rotatable bonds is 10. The highest BCUT2D eigenvalue weighted by molar-refractivity contribution is 5.65. The van der Waals surface area contributed by atoms with Crippen molar-refractivity contribution in [2.75, 3.05) is 13.7 Å². The van der Waals surface area contributed by atoms with Crippen molar-refractivity contribution in [2.45, 2.75) is 45.1 Å². The lowest BCUT2D eigenvalue weighted by molar-refractivity contribution is -0.430. The second-order valence-electron chi connectivity index (χ2n) is 5.09. The van der Waals surface area contributed by atoms with Gasteiger partial charge in [0.05, 0.1) is 13.7 Å². The molecule has 0 heterocycles. The van der Waals surface area contributed by atoms with Crippen LogP contribution in [0.15, 0.2) is 18.2 Å². The third-order valence-corrected chi connectivity index (χ3v) is 3.33. The summed E-state index contributed by atoms with van der Waals surface area (Å²) in [5.74, 6) is 0.179. The van der Waals surface area contributed by atoms with E-state index in [1.54, 1.807) is 19.2 Å². The number of hydrogen-bond acceptors (Lipinski definition) is 4. The maximum absolute atomic E-state index is 10.6. The van der Waals surface area contributed by atoms with Gasteiger partial charge in [0.15, 0.2) is 11.5 Å². The van der Waals surface area contributed by atoms with E-state index < -0.39 is 5.97 Å². The summed E-state index contributed by atoms with van der Waals surface area (Å²) in [6.45, 7) is 2.83. The van der Waals surface area contributed by atoms with Crippen LogP contribution in [0.25, 0.3) is 0 Å². The minimum absolute atomic E-state index is 0.111. The highest BCUT2D eigenvalue weighted by atomic mass is 16.5. The average molecular weight is 295 g/mol. The number of hydrogen-bond donors (Lipinski definition) is 1. The van der Waals surface area contributed by atoms with E-state index in [2.05, 4.69) is 12.7 Å². The van der Waals surface area contributed by atoms with Gasteiger partial charge in [-0.2, -0.15) is 0 Å². The lowest BCUT2D eigenvalue weighted by atomic mass is 10.0. The molecule has 0 spiro atoms. The molecule has 3 N–H and O–H groups in total. The predicted molar refractivity (Wildman–Crippen MR) is 77.9 cm³/mol. The van der Waals surface area contributed by atoms with Gasteiger partial charge in [0.2, 0.25) is 0 Å². The second-order valence-corrected chi connectivity index (χ2v) is 5.09. The maximum Gasteiger partial charge on any atom is 0.161 e. The molecule has 0 aliphatic carbocycles. The van der Waals surface area contributed by atoms with E-state index in [1.807, 2.05) is 6.07 Å². The Morgan fingerprint density at radius 3 is 2.67 bits per heavy atom. The highest BCUT2D eigenvalue weighted by Crippen LogP contribution is 2.30. The van der Waals surface area contributed by atoms with Gasteiger partial charge >= 0.3 is 0 Å². The van der Waals surface area contributed by atoms with E-state index in [0.717, 1.165) is 18.4 Å². The molecule has 5 heteroatoms. The Morgan fingerprint density at radius 1 is 1.29 bits per heavy atom. The van der Waals surface area contributed by atoms with Crippen LogP contribution < -0.4 is 20.3 Å². The van der Waals surface area contributed by atoms with Crippen LogP contribution >= 0.6 is 0 Å². The van der Waals surface area contributed by atoms with Gasteiger partial charge in [0.25, 0.3) is 0 Å². The third-order valence-electron chi connectivity index (χ3n) is 3.33. The molecular formula is C16H25NO4. The molecule has 0 aromatic heterocycles. The van der Waals surface area contributed by atoms with Crippen LogP contribution in [0.1, 0.15) is 50.6 Å².